The Morgan fingerprint density at radius 1 is 1.20 bits per heavy atom. The number of anilines is 1. The van der Waals surface area contributed by atoms with E-state index in [2.05, 4.69) is 56.5 Å². The quantitative estimate of drug-likeness (QED) is 0.720. The fourth-order valence-corrected chi connectivity index (χ4v) is 5.07. The second kappa shape index (κ2) is 8.05. The molecule has 0 amide bonds. The summed E-state index contributed by atoms with van der Waals surface area (Å²) in [7, 11) is 0. The Labute approximate surface area is 158 Å². The van der Waals surface area contributed by atoms with E-state index < -0.39 is 0 Å². The topological polar surface area (TPSA) is 28.5 Å². The Bertz CT molecular complexity index is 599. The lowest BCUT2D eigenvalue weighted by atomic mass is 9.81. The summed E-state index contributed by atoms with van der Waals surface area (Å²) in [5.74, 6) is 0.787. The van der Waals surface area contributed by atoms with Gasteiger partial charge in [0.15, 0.2) is 5.11 Å². The Hall–Kier alpha value is -1.13. The molecular weight excluding hydrogens is 326 g/mol. The monoisotopic (exact) mass is 360 g/mol. The molecule has 4 heteroatoms. The second-order valence-electron chi connectivity index (χ2n) is 8.51. The number of aryl methyl sites for hydroxylation is 1. The number of quaternary nitrogens is 1. The van der Waals surface area contributed by atoms with Gasteiger partial charge >= 0.3 is 0 Å². The smallest absolute Gasteiger partial charge is 0.171 e. The van der Waals surface area contributed by atoms with Crippen LogP contribution in [-0.2, 0) is 0 Å². The highest BCUT2D eigenvalue weighted by Crippen LogP contribution is 2.23. The predicted octanol–water partition coefficient (Wildman–Crippen LogP) is 3.21. The Morgan fingerprint density at radius 3 is 2.52 bits per heavy atom. The van der Waals surface area contributed by atoms with E-state index >= 15 is 0 Å². The fourth-order valence-electron chi connectivity index (χ4n) is 4.79. The van der Waals surface area contributed by atoms with Gasteiger partial charge in [-0.2, -0.15) is 0 Å². The molecule has 4 atom stereocenters. The maximum Gasteiger partial charge on any atom is 0.171 e. The highest BCUT2D eigenvalue weighted by molar-refractivity contribution is 7.80. The van der Waals surface area contributed by atoms with Crippen LogP contribution in [0.2, 0.25) is 0 Å². The third kappa shape index (κ3) is 4.53. The lowest BCUT2D eigenvalue weighted by molar-refractivity contribution is -0.963. The molecule has 0 radical (unpaired) electrons. The molecule has 1 aromatic carbocycles. The summed E-state index contributed by atoms with van der Waals surface area (Å²) in [4.78, 5) is 1.87. The van der Waals surface area contributed by atoms with Gasteiger partial charge in [-0.3, -0.25) is 0 Å². The molecule has 25 heavy (non-hydrogen) atoms. The van der Waals surface area contributed by atoms with Crippen molar-refractivity contribution in [2.75, 3.05) is 11.9 Å². The summed E-state index contributed by atoms with van der Waals surface area (Å²) < 4.78 is 0. The van der Waals surface area contributed by atoms with Crippen molar-refractivity contribution in [3.8, 4) is 0 Å². The highest BCUT2D eigenvalue weighted by Gasteiger charge is 2.41. The van der Waals surface area contributed by atoms with Gasteiger partial charge in [-0.25, -0.2) is 0 Å². The van der Waals surface area contributed by atoms with Crippen molar-refractivity contribution in [3.63, 3.8) is 0 Å². The SMILES string of the molecule is Cc1cccc(NC(=S)NC2C[C@H]3CCC[C@@H](C2)[NH+]3CC(C)C)c1C. The molecule has 2 aliphatic heterocycles. The first-order chi connectivity index (χ1) is 11.9. The van der Waals surface area contributed by atoms with E-state index in [1.165, 1.54) is 49.8 Å². The van der Waals surface area contributed by atoms with Gasteiger partial charge in [0.05, 0.1) is 18.6 Å². The van der Waals surface area contributed by atoms with Crippen LogP contribution in [0.5, 0.6) is 0 Å². The van der Waals surface area contributed by atoms with Crippen LogP contribution in [0.15, 0.2) is 18.2 Å². The van der Waals surface area contributed by atoms with Gasteiger partial charge in [0, 0.05) is 30.5 Å². The Balaban J connectivity index is 1.59. The van der Waals surface area contributed by atoms with E-state index in [9.17, 15) is 0 Å². The molecule has 0 spiro atoms. The second-order valence-corrected chi connectivity index (χ2v) is 8.92. The lowest BCUT2D eigenvalue weighted by Crippen LogP contribution is -3.21. The van der Waals surface area contributed by atoms with Gasteiger partial charge in [0.2, 0.25) is 0 Å². The molecule has 0 aromatic heterocycles. The van der Waals surface area contributed by atoms with E-state index in [4.69, 9.17) is 12.2 Å². The Kier molecular flexibility index (Phi) is 6.00. The molecule has 0 saturated carbocycles. The van der Waals surface area contributed by atoms with Gasteiger partial charge < -0.3 is 15.5 Å². The van der Waals surface area contributed by atoms with Crippen molar-refractivity contribution in [3.05, 3.63) is 29.3 Å². The zero-order valence-electron chi connectivity index (χ0n) is 16.2. The average molecular weight is 361 g/mol. The van der Waals surface area contributed by atoms with E-state index in [0.717, 1.165) is 28.8 Å². The number of fused-ring (bicyclic) bond motifs is 2. The highest BCUT2D eigenvalue weighted by atomic mass is 32.1. The minimum Gasteiger partial charge on any atom is -0.359 e. The van der Waals surface area contributed by atoms with Gasteiger partial charge in [-0.05, 0) is 62.5 Å². The third-order valence-corrected chi connectivity index (χ3v) is 6.34. The molecule has 0 aliphatic carbocycles. The molecule has 3 nitrogen and oxygen atoms in total. The van der Waals surface area contributed by atoms with Crippen LogP contribution in [0.1, 0.15) is 57.1 Å². The minimum absolute atomic E-state index is 0.524. The van der Waals surface area contributed by atoms with Crippen molar-refractivity contribution in [2.24, 2.45) is 5.92 Å². The number of rotatable bonds is 4. The number of hydrogen-bond donors (Lipinski definition) is 3. The minimum atomic E-state index is 0.524. The molecule has 2 aliphatic rings. The normalized spacial score (nSPS) is 28.7. The number of nitrogens with one attached hydrogen (secondary N) is 3. The van der Waals surface area contributed by atoms with Crippen molar-refractivity contribution < 1.29 is 4.90 Å². The van der Waals surface area contributed by atoms with E-state index in [1.54, 1.807) is 0 Å². The zero-order chi connectivity index (χ0) is 18.0. The molecule has 3 N–H and O–H groups in total. The van der Waals surface area contributed by atoms with E-state index in [1.807, 2.05) is 4.90 Å². The summed E-state index contributed by atoms with van der Waals surface area (Å²) in [5.41, 5.74) is 3.70. The molecule has 2 fully saturated rings. The molecule has 2 bridgehead atoms. The van der Waals surface area contributed by atoms with Crippen LogP contribution in [0.25, 0.3) is 0 Å². The Morgan fingerprint density at radius 2 is 1.88 bits per heavy atom. The van der Waals surface area contributed by atoms with Crippen molar-refractivity contribution in [1.82, 2.24) is 5.32 Å². The van der Waals surface area contributed by atoms with Crippen LogP contribution >= 0.6 is 12.2 Å². The first-order valence-corrected chi connectivity index (χ1v) is 10.3. The van der Waals surface area contributed by atoms with Crippen LogP contribution in [0.3, 0.4) is 0 Å². The molecule has 1 aromatic rings. The molecular formula is C21H34N3S+. The summed E-state index contributed by atoms with van der Waals surface area (Å²) in [6.45, 7) is 10.3. The van der Waals surface area contributed by atoms with Gasteiger partial charge in [-0.15, -0.1) is 0 Å². The zero-order valence-corrected chi connectivity index (χ0v) is 17.0. The van der Waals surface area contributed by atoms with E-state index in [0.29, 0.717) is 6.04 Å². The summed E-state index contributed by atoms with van der Waals surface area (Å²) in [6.07, 6.45) is 6.69. The molecule has 2 heterocycles. The number of benzene rings is 1. The van der Waals surface area contributed by atoms with Crippen LogP contribution in [0, 0.1) is 19.8 Å². The number of thiocarbonyl (C=S) groups is 1. The number of piperidine rings is 2. The van der Waals surface area contributed by atoms with Crippen molar-refractivity contribution >= 4 is 23.0 Å². The van der Waals surface area contributed by atoms with Gasteiger partial charge in [-0.1, -0.05) is 26.0 Å². The van der Waals surface area contributed by atoms with Crippen LogP contribution in [-0.4, -0.2) is 29.8 Å². The average Bonchev–Trinajstić information content (AvgIpc) is 2.52. The first-order valence-electron chi connectivity index (χ1n) is 9.93. The van der Waals surface area contributed by atoms with Crippen LogP contribution < -0.4 is 15.5 Å². The maximum atomic E-state index is 5.62. The van der Waals surface area contributed by atoms with E-state index in [-0.39, 0.29) is 0 Å². The summed E-state index contributed by atoms with van der Waals surface area (Å²) in [6, 6.07) is 8.50. The lowest BCUT2D eigenvalue weighted by Gasteiger charge is -2.46. The largest absolute Gasteiger partial charge is 0.359 e. The van der Waals surface area contributed by atoms with Crippen molar-refractivity contribution in [2.45, 2.75) is 77.9 Å². The van der Waals surface area contributed by atoms with Gasteiger partial charge in [0.1, 0.15) is 0 Å². The predicted molar refractivity (Wildman–Crippen MR) is 110 cm³/mol. The number of hydrogen-bond acceptors (Lipinski definition) is 1. The van der Waals surface area contributed by atoms with Crippen LogP contribution in [0.4, 0.5) is 5.69 Å². The molecule has 3 rings (SSSR count). The fraction of sp³-hybridized carbons (Fsp3) is 0.667. The molecule has 2 saturated heterocycles. The third-order valence-electron chi connectivity index (χ3n) is 6.12. The van der Waals surface area contributed by atoms with Crippen molar-refractivity contribution in [1.29, 1.82) is 0 Å². The standard InChI is InChI=1S/C21H33N3S/c1-14(2)13-24-18-8-6-9-19(24)12-17(11-18)22-21(25)23-20-10-5-7-15(3)16(20)4/h5,7,10,14,17-19H,6,8-9,11-13H2,1-4H3,(H2,22,23,25)/p+1/t17?,18-,19+. The molecule has 2 unspecified atom stereocenters. The summed E-state index contributed by atoms with van der Waals surface area (Å²) >= 11 is 5.62. The maximum absolute atomic E-state index is 5.62. The molecule has 138 valence electrons. The summed E-state index contributed by atoms with van der Waals surface area (Å²) in [5, 5.41) is 7.83. The first kappa shape index (κ1) is 18.7. The van der Waals surface area contributed by atoms with Gasteiger partial charge in [0.25, 0.3) is 0 Å².